The first-order valence-corrected chi connectivity index (χ1v) is 13.2. The van der Waals surface area contributed by atoms with Gasteiger partial charge < -0.3 is 15.0 Å². The van der Waals surface area contributed by atoms with Gasteiger partial charge in [-0.3, -0.25) is 14.9 Å². The van der Waals surface area contributed by atoms with E-state index in [2.05, 4.69) is 31.3 Å². The number of hydrogen-bond donors (Lipinski definition) is 3. The summed E-state index contributed by atoms with van der Waals surface area (Å²) in [5.41, 5.74) is 1.04. The fourth-order valence-corrected chi connectivity index (χ4v) is 6.22. The van der Waals surface area contributed by atoms with Crippen molar-refractivity contribution in [3.63, 3.8) is 0 Å². The Balaban J connectivity index is 1.23. The number of rotatable bonds is 4. The summed E-state index contributed by atoms with van der Waals surface area (Å²) in [7, 11) is 0. The topological polar surface area (TPSA) is 142 Å². The van der Waals surface area contributed by atoms with Crippen LogP contribution in [0.1, 0.15) is 46.9 Å². The normalized spacial score (nSPS) is 16.2. The molecular formula is C26H25N7O4S. The molecule has 194 valence electrons. The van der Waals surface area contributed by atoms with Gasteiger partial charge in [0.15, 0.2) is 5.78 Å². The summed E-state index contributed by atoms with van der Waals surface area (Å²) in [5.74, 6) is 0.790. The van der Waals surface area contributed by atoms with E-state index in [-0.39, 0.29) is 24.1 Å². The molecule has 2 aliphatic rings. The van der Waals surface area contributed by atoms with Crippen LogP contribution in [0.3, 0.4) is 0 Å². The van der Waals surface area contributed by atoms with Gasteiger partial charge in [0, 0.05) is 48.1 Å². The number of H-pyrrole nitrogens is 1. The van der Waals surface area contributed by atoms with Gasteiger partial charge in [0.2, 0.25) is 5.82 Å². The van der Waals surface area contributed by atoms with Crippen LogP contribution in [0.4, 0.5) is 9.80 Å². The number of nitrogens with zero attached hydrogens (tertiary/aromatic N) is 4. The first-order chi connectivity index (χ1) is 18.5. The molecule has 2 aliphatic heterocycles. The highest BCUT2D eigenvalue weighted by Gasteiger charge is 2.44. The minimum Gasteiger partial charge on any atom is -0.486 e. The van der Waals surface area contributed by atoms with E-state index in [1.54, 1.807) is 23.1 Å². The number of aromatic nitrogens is 4. The van der Waals surface area contributed by atoms with Crippen LogP contribution < -0.4 is 15.4 Å². The van der Waals surface area contributed by atoms with Crippen LogP contribution >= 0.6 is 11.3 Å². The monoisotopic (exact) mass is 531 g/mol. The van der Waals surface area contributed by atoms with Gasteiger partial charge >= 0.3 is 6.03 Å². The minimum atomic E-state index is -0.685. The lowest BCUT2D eigenvalue weighted by Gasteiger charge is -2.44. The molecule has 1 spiro atoms. The smallest absolute Gasteiger partial charge is 0.319 e. The summed E-state index contributed by atoms with van der Waals surface area (Å²) < 4.78 is 7.38. The second kappa shape index (κ2) is 9.53. The number of aromatic amines is 1. The highest BCUT2D eigenvalue weighted by atomic mass is 32.1. The fourth-order valence-electron chi connectivity index (χ4n) is 5.13. The molecule has 0 unspecified atom stereocenters. The largest absolute Gasteiger partial charge is 0.486 e. The Morgan fingerprint density at radius 2 is 2.00 bits per heavy atom. The first-order valence-electron chi connectivity index (χ1n) is 12.4. The number of urea groups is 1. The molecule has 0 saturated carbocycles. The third-order valence-electron chi connectivity index (χ3n) is 7.03. The lowest BCUT2D eigenvalue weighted by atomic mass is 9.82. The van der Waals surface area contributed by atoms with Crippen LogP contribution in [0, 0.1) is 0 Å². The molecule has 1 saturated heterocycles. The predicted molar refractivity (Wildman–Crippen MR) is 142 cm³/mol. The minimum absolute atomic E-state index is 0.0166. The summed E-state index contributed by atoms with van der Waals surface area (Å²) in [6.45, 7) is 3.17. The van der Waals surface area contributed by atoms with Crippen molar-refractivity contribution in [2.45, 2.75) is 31.8 Å². The second-order valence-corrected chi connectivity index (χ2v) is 10.5. The number of tetrazole rings is 1. The van der Waals surface area contributed by atoms with Gasteiger partial charge in [0.25, 0.3) is 5.91 Å². The number of nitrogens with one attached hydrogen (secondary N) is 3. The van der Waals surface area contributed by atoms with E-state index in [9.17, 15) is 14.4 Å². The average Bonchev–Trinajstić information content (AvgIpc) is 3.57. The molecule has 0 aliphatic carbocycles. The van der Waals surface area contributed by atoms with Gasteiger partial charge in [0.05, 0.1) is 17.5 Å². The van der Waals surface area contributed by atoms with Crippen molar-refractivity contribution in [1.82, 2.24) is 30.8 Å². The molecule has 11 nitrogen and oxygen atoms in total. The van der Waals surface area contributed by atoms with E-state index in [0.29, 0.717) is 65.7 Å². The highest BCUT2D eigenvalue weighted by Crippen LogP contribution is 2.42. The van der Waals surface area contributed by atoms with E-state index in [4.69, 9.17) is 4.74 Å². The van der Waals surface area contributed by atoms with E-state index >= 15 is 0 Å². The molecule has 1 fully saturated rings. The van der Waals surface area contributed by atoms with Crippen molar-refractivity contribution in [2.24, 2.45) is 0 Å². The number of carbonyl (C=O) groups is 3. The van der Waals surface area contributed by atoms with Gasteiger partial charge in [0.1, 0.15) is 16.4 Å². The molecule has 38 heavy (non-hydrogen) atoms. The number of carbonyl (C=O) groups excluding carboxylic acids is 3. The summed E-state index contributed by atoms with van der Waals surface area (Å²) in [6.07, 6.45) is 1.28. The number of hydrogen-bond acceptors (Lipinski definition) is 8. The van der Waals surface area contributed by atoms with Crippen molar-refractivity contribution in [3.8, 4) is 17.1 Å². The van der Waals surface area contributed by atoms with Gasteiger partial charge in [-0.2, -0.15) is 5.21 Å². The average molecular weight is 532 g/mol. The van der Waals surface area contributed by atoms with E-state index in [1.807, 2.05) is 31.2 Å². The number of likely N-dealkylation sites (tertiary alicyclic amines) is 1. The van der Waals surface area contributed by atoms with Crippen LogP contribution in [0.2, 0.25) is 0 Å². The Morgan fingerprint density at radius 3 is 2.76 bits per heavy atom. The van der Waals surface area contributed by atoms with Crippen molar-refractivity contribution in [2.75, 3.05) is 25.0 Å². The Labute approximate surface area is 221 Å². The number of anilines is 1. The summed E-state index contributed by atoms with van der Waals surface area (Å²) >= 11 is 1.38. The number of benzene rings is 2. The molecule has 12 heteroatoms. The molecule has 3 N–H and O–H groups in total. The SMILES string of the molecule is CCNC(=O)Nc1sc2ccccc2c1C(=O)N1CCC2(CC1)CC(=O)c1ccc(-c3nn[nH]n3)cc1O2. The van der Waals surface area contributed by atoms with Crippen LogP contribution in [0.5, 0.6) is 5.75 Å². The van der Waals surface area contributed by atoms with Gasteiger partial charge in [-0.25, -0.2) is 4.79 Å². The predicted octanol–water partition coefficient (Wildman–Crippen LogP) is 3.86. The Bertz CT molecular complexity index is 1540. The molecule has 4 heterocycles. The van der Waals surface area contributed by atoms with Crippen LogP contribution in [-0.2, 0) is 0 Å². The zero-order valence-electron chi connectivity index (χ0n) is 20.6. The zero-order chi connectivity index (χ0) is 26.3. The van der Waals surface area contributed by atoms with Gasteiger partial charge in [-0.05, 0) is 30.3 Å². The van der Waals surface area contributed by atoms with Crippen molar-refractivity contribution < 1.29 is 19.1 Å². The molecule has 6 rings (SSSR count). The summed E-state index contributed by atoms with van der Waals surface area (Å²) in [4.78, 5) is 40.9. The summed E-state index contributed by atoms with van der Waals surface area (Å²) in [6, 6.07) is 12.6. The van der Waals surface area contributed by atoms with E-state index < -0.39 is 5.60 Å². The molecule has 3 amide bonds. The Hall–Kier alpha value is -4.32. The van der Waals surface area contributed by atoms with Crippen LogP contribution in [0.15, 0.2) is 42.5 Å². The number of ether oxygens (including phenoxy) is 1. The third kappa shape index (κ3) is 4.26. The van der Waals surface area contributed by atoms with Gasteiger partial charge in [-0.1, -0.05) is 24.3 Å². The van der Waals surface area contributed by atoms with Crippen molar-refractivity contribution in [3.05, 3.63) is 53.6 Å². The zero-order valence-corrected chi connectivity index (χ0v) is 21.4. The molecule has 2 aromatic heterocycles. The number of Topliss-reactive ketones (excluding diaryl/α,β-unsaturated/α-hetero) is 1. The molecular weight excluding hydrogens is 506 g/mol. The van der Waals surface area contributed by atoms with Crippen LogP contribution in [-0.4, -0.2) is 68.5 Å². The second-order valence-electron chi connectivity index (χ2n) is 9.41. The highest BCUT2D eigenvalue weighted by molar-refractivity contribution is 7.23. The molecule has 0 radical (unpaired) electrons. The maximum Gasteiger partial charge on any atom is 0.319 e. The molecule has 2 aromatic carbocycles. The van der Waals surface area contributed by atoms with E-state index in [1.165, 1.54) is 11.3 Å². The number of fused-ring (bicyclic) bond motifs is 2. The summed E-state index contributed by atoms with van der Waals surface area (Å²) in [5, 5.41) is 20.9. The van der Waals surface area contributed by atoms with Crippen molar-refractivity contribution >= 4 is 44.1 Å². The number of ketones is 1. The Kier molecular flexibility index (Phi) is 6.03. The third-order valence-corrected chi connectivity index (χ3v) is 8.12. The number of thiophene rings is 1. The fraction of sp³-hybridized carbons (Fsp3) is 0.308. The number of amides is 3. The quantitative estimate of drug-likeness (QED) is 0.363. The number of piperidine rings is 1. The Morgan fingerprint density at radius 1 is 1.18 bits per heavy atom. The van der Waals surface area contributed by atoms with Crippen LogP contribution in [0.25, 0.3) is 21.5 Å². The molecule has 0 bridgehead atoms. The molecule has 4 aromatic rings. The lowest BCUT2D eigenvalue weighted by molar-refractivity contribution is -0.00558. The standard InChI is InChI=1S/C26H25N7O4S/c1-2-27-25(36)28-23-21(17-5-3-4-6-20(17)38-23)24(35)33-11-9-26(10-12-33)14-18(34)16-8-7-15(13-19(16)37-26)22-29-31-32-30-22/h3-8,13H,2,9-12,14H2,1H3,(H2,27,28,36)(H,29,30,31,32). The van der Waals surface area contributed by atoms with Gasteiger partial charge in [-0.15, -0.1) is 21.5 Å². The maximum absolute atomic E-state index is 13.8. The van der Waals surface area contributed by atoms with E-state index in [0.717, 1.165) is 10.1 Å². The van der Waals surface area contributed by atoms with Crippen molar-refractivity contribution in [1.29, 1.82) is 0 Å². The molecule has 0 atom stereocenters. The maximum atomic E-state index is 13.8. The lowest BCUT2D eigenvalue weighted by Crippen LogP contribution is -2.52. The first kappa shape index (κ1) is 24.0.